The van der Waals surface area contributed by atoms with Gasteiger partial charge in [0.2, 0.25) is 17.7 Å². The van der Waals surface area contributed by atoms with Crippen LogP contribution in [0.1, 0.15) is 25.3 Å². The number of nitrogens with two attached hydrogens (primary N) is 1. The maximum atomic E-state index is 13.7. The number of hydrogen-bond donors (Lipinski definition) is 1. The highest BCUT2D eigenvalue weighted by molar-refractivity contribution is 6.01. The molecule has 2 fully saturated rings. The van der Waals surface area contributed by atoms with Crippen molar-refractivity contribution in [2.24, 2.45) is 11.7 Å². The Hall–Kier alpha value is -2.44. The standard InChI is InChI=1S/C18H22FN3O3/c1-2-11-5-3-4-6-14(11)21-9-12(7-16(21)23)18(25)22-10-13(19)8-15(22)17(20)24/h3-6,12-13,15H,2,7-10H2,1H3,(H2,20,24)/t12?,13-,15+/m1/s1. The molecule has 2 saturated heterocycles. The molecule has 2 aliphatic rings. The van der Waals surface area contributed by atoms with E-state index in [-0.39, 0.29) is 37.7 Å². The lowest BCUT2D eigenvalue weighted by molar-refractivity contribution is -0.140. The molecule has 2 aliphatic heterocycles. The van der Waals surface area contributed by atoms with Crippen LogP contribution in [0.2, 0.25) is 0 Å². The fraction of sp³-hybridized carbons (Fsp3) is 0.500. The Morgan fingerprint density at radius 3 is 2.68 bits per heavy atom. The van der Waals surface area contributed by atoms with E-state index in [1.807, 2.05) is 31.2 Å². The predicted molar refractivity (Wildman–Crippen MR) is 90.5 cm³/mol. The Morgan fingerprint density at radius 2 is 2.00 bits per heavy atom. The van der Waals surface area contributed by atoms with Gasteiger partial charge in [0, 0.05) is 25.1 Å². The van der Waals surface area contributed by atoms with E-state index in [1.165, 1.54) is 4.90 Å². The van der Waals surface area contributed by atoms with Crippen molar-refractivity contribution in [2.75, 3.05) is 18.0 Å². The number of aryl methyl sites for hydroxylation is 1. The Bertz CT molecular complexity index is 709. The third-order valence-corrected chi connectivity index (χ3v) is 5.00. The summed E-state index contributed by atoms with van der Waals surface area (Å²) >= 11 is 0. The zero-order valence-electron chi connectivity index (χ0n) is 14.2. The number of para-hydroxylation sites is 1. The van der Waals surface area contributed by atoms with Gasteiger partial charge in [-0.2, -0.15) is 0 Å². The molecule has 1 aromatic carbocycles. The maximum Gasteiger partial charge on any atom is 0.240 e. The summed E-state index contributed by atoms with van der Waals surface area (Å²) in [7, 11) is 0. The monoisotopic (exact) mass is 347 g/mol. The number of benzene rings is 1. The SMILES string of the molecule is CCc1ccccc1N1CC(C(=O)N2C[C@H](F)C[C@H]2C(N)=O)CC1=O. The van der Waals surface area contributed by atoms with Crippen molar-refractivity contribution in [3.05, 3.63) is 29.8 Å². The van der Waals surface area contributed by atoms with E-state index in [4.69, 9.17) is 5.73 Å². The molecule has 0 aliphatic carbocycles. The molecule has 0 radical (unpaired) electrons. The maximum absolute atomic E-state index is 13.7. The molecule has 7 heteroatoms. The Balaban J connectivity index is 1.78. The van der Waals surface area contributed by atoms with Crippen LogP contribution in [-0.4, -0.2) is 47.9 Å². The smallest absolute Gasteiger partial charge is 0.240 e. The molecular weight excluding hydrogens is 325 g/mol. The lowest BCUT2D eigenvalue weighted by Crippen LogP contribution is -2.46. The van der Waals surface area contributed by atoms with Gasteiger partial charge in [-0.1, -0.05) is 25.1 Å². The summed E-state index contributed by atoms with van der Waals surface area (Å²) in [5.74, 6) is -1.78. The number of rotatable bonds is 4. The van der Waals surface area contributed by atoms with Gasteiger partial charge < -0.3 is 15.5 Å². The Labute approximate surface area is 145 Å². The molecule has 2 heterocycles. The van der Waals surface area contributed by atoms with Gasteiger partial charge in [-0.05, 0) is 18.1 Å². The van der Waals surface area contributed by atoms with Gasteiger partial charge in [-0.15, -0.1) is 0 Å². The quantitative estimate of drug-likeness (QED) is 0.883. The van der Waals surface area contributed by atoms with Gasteiger partial charge in [0.05, 0.1) is 12.5 Å². The number of likely N-dealkylation sites (tertiary alicyclic amines) is 1. The van der Waals surface area contributed by atoms with Crippen molar-refractivity contribution in [1.82, 2.24) is 4.90 Å². The minimum absolute atomic E-state index is 0.0653. The molecule has 6 nitrogen and oxygen atoms in total. The number of carbonyl (C=O) groups is 3. The summed E-state index contributed by atoms with van der Waals surface area (Å²) in [4.78, 5) is 39.5. The van der Waals surface area contributed by atoms with E-state index >= 15 is 0 Å². The van der Waals surface area contributed by atoms with Gasteiger partial charge in [0.1, 0.15) is 12.2 Å². The number of nitrogens with zero attached hydrogens (tertiary/aromatic N) is 2. The van der Waals surface area contributed by atoms with Gasteiger partial charge in [0.25, 0.3) is 0 Å². The molecule has 134 valence electrons. The fourth-order valence-electron chi connectivity index (χ4n) is 3.71. The van der Waals surface area contributed by atoms with E-state index in [2.05, 4.69) is 0 Å². The normalized spacial score (nSPS) is 26.3. The molecule has 0 spiro atoms. The van der Waals surface area contributed by atoms with Crippen LogP contribution in [0.15, 0.2) is 24.3 Å². The summed E-state index contributed by atoms with van der Waals surface area (Å²) in [6.07, 6.45) is -0.478. The highest BCUT2D eigenvalue weighted by Crippen LogP contribution is 2.31. The zero-order chi connectivity index (χ0) is 18.1. The molecule has 2 N–H and O–H groups in total. The second-order valence-corrected chi connectivity index (χ2v) is 6.63. The molecule has 0 saturated carbocycles. The second kappa shape index (κ2) is 6.82. The molecule has 0 aromatic heterocycles. The minimum atomic E-state index is -1.25. The molecule has 3 amide bonds. The van der Waals surface area contributed by atoms with Crippen LogP contribution in [-0.2, 0) is 20.8 Å². The fourth-order valence-corrected chi connectivity index (χ4v) is 3.71. The van der Waals surface area contributed by atoms with Crippen LogP contribution < -0.4 is 10.6 Å². The van der Waals surface area contributed by atoms with Crippen molar-refractivity contribution in [3.8, 4) is 0 Å². The van der Waals surface area contributed by atoms with Crippen LogP contribution in [0.3, 0.4) is 0 Å². The van der Waals surface area contributed by atoms with Crippen molar-refractivity contribution >= 4 is 23.4 Å². The van der Waals surface area contributed by atoms with Gasteiger partial charge in [-0.25, -0.2) is 4.39 Å². The number of primary amides is 1. The average molecular weight is 347 g/mol. The molecular formula is C18H22FN3O3. The third-order valence-electron chi connectivity index (χ3n) is 5.00. The first-order valence-electron chi connectivity index (χ1n) is 8.54. The molecule has 25 heavy (non-hydrogen) atoms. The minimum Gasteiger partial charge on any atom is -0.368 e. The van der Waals surface area contributed by atoms with E-state index in [0.29, 0.717) is 0 Å². The van der Waals surface area contributed by atoms with Crippen molar-refractivity contribution in [3.63, 3.8) is 0 Å². The molecule has 0 bridgehead atoms. The summed E-state index contributed by atoms with van der Waals surface area (Å²) in [6, 6.07) is 6.66. The van der Waals surface area contributed by atoms with Gasteiger partial charge >= 0.3 is 0 Å². The number of amides is 3. The van der Waals surface area contributed by atoms with Gasteiger partial charge in [0.15, 0.2) is 0 Å². The summed E-state index contributed by atoms with van der Waals surface area (Å²) < 4.78 is 13.7. The van der Waals surface area contributed by atoms with Crippen LogP contribution in [0.25, 0.3) is 0 Å². The average Bonchev–Trinajstić information content (AvgIpc) is 3.17. The third kappa shape index (κ3) is 3.23. The van der Waals surface area contributed by atoms with Crippen molar-refractivity contribution in [2.45, 2.75) is 38.4 Å². The molecule has 1 aromatic rings. The second-order valence-electron chi connectivity index (χ2n) is 6.63. The van der Waals surface area contributed by atoms with Crippen LogP contribution in [0.4, 0.5) is 10.1 Å². The predicted octanol–water partition coefficient (Wildman–Crippen LogP) is 1.03. The molecule has 3 atom stereocenters. The number of alkyl halides is 1. The van der Waals surface area contributed by atoms with Crippen LogP contribution in [0, 0.1) is 5.92 Å². The summed E-state index contributed by atoms with van der Waals surface area (Å²) in [5, 5.41) is 0. The Morgan fingerprint density at radius 1 is 1.28 bits per heavy atom. The van der Waals surface area contributed by atoms with E-state index in [1.54, 1.807) is 4.90 Å². The van der Waals surface area contributed by atoms with Crippen molar-refractivity contribution < 1.29 is 18.8 Å². The van der Waals surface area contributed by atoms with E-state index < -0.39 is 24.0 Å². The zero-order valence-corrected chi connectivity index (χ0v) is 14.2. The number of halogens is 1. The number of hydrogen-bond acceptors (Lipinski definition) is 3. The lowest BCUT2D eigenvalue weighted by Gasteiger charge is -2.25. The Kier molecular flexibility index (Phi) is 4.74. The summed E-state index contributed by atoms with van der Waals surface area (Å²) in [6.45, 7) is 2.11. The van der Waals surface area contributed by atoms with Crippen molar-refractivity contribution in [1.29, 1.82) is 0 Å². The van der Waals surface area contributed by atoms with E-state index in [9.17, 15) is 18.8 Å². The number of anilines is 1. The van der Waals surface area contributed by atoms with E-state index in [0.717, 1.165) is 17.7 Å². The topological polar surface area (TPSA) is 83.7 Å². The largest absolute Gasteiger partial charge is 0.368 e. The molecule has 1 unspecified atom stereocenters. The van der Waals surface area contributed by atoms with Gasteiger partial charge in [-0.3, -0.25) is 14.4 Å². The highest BCUT2D eigenvalue weighted by Gasteiger charge is 2.44. The first-order valence-corrected chi connectivity index (χ1v) is 8.54. The number of carbonyl (C=O) groups excluding carboxylic acids is 3. The summed E-state index contributed by atoms with van der Waals surface area (Å²) in [5.41, 5.74) is 7.13. The first-order chi connectivity index (χ1) is 11.9. The van der Waals surface area contributed by atoms with Crippen LogP contribution >= 0.6 is 0 Å². The molecule has 3 rings (SSSR count). The van der Waals surface area contributed by atoms with Crippen LogP contribution in [0.5, 0.6) is 0 Å². The lowest BCUT2D eigenvalue weighted by atomic mass is 10.1. The highest BCUT2D eigenvalue weighted by atomic mass is 19.1. The first kappa shape index (κ1) is 17.4.